The van der Waals surface area contributed by atoms with E-state index in [1.54, 1.807) is 0 Å². The maximum Gasteiger partial charge on any atom is 0.234 e. The van der Waals surface area contributed by atoms with Gasteiger partial charge in [-0.2, -0.15) is 0 Å². The van der Waals surface area contributed by atoms with E-state index in [-0.39, 0.29) is 6.54 Å². The number of hydrogen-bond donors (Lipinski definition) is 3. The molecule has 0 saturated carbocycles. The molecule has 0 bridgehead atoms. The van der Waals surface area contributed by atoms with Crippen molar-refractivity contribution in [2.75, 3.05) is 6.54 Å². The zero-order valence-corrected chi connectivity index (χ0v) is 6.28. The third-order valence-electron chi connectivity index (χ3n) is 1.18. The summed E-state index contributed by atoms with van der Waals surface area (Å²) in [7, 11) is 0. The van der Waals surface area contributed by atoms with Crippen LogP contribution in [0, 0.1) is 0 Å². The van der Waals surface area contributed by atoms with Crippen LogP contribution >= 0.6 is 0 Å². The molecule has 11 heavy (non-hydrogen) atoms. The summed E-state index contributed by atoms with van der Waals surface area (Å²) in [5, 5.41) is 11.1. The van der Waals surface area contributed by atoms with Crippen molar-refractivity contribution >= 4 is 12.2 Å². The minimum absolute atomic E-state index is 0.183. The highest BCUT2D eigenvalue weighted by molar-refractivity contribution is 5.81. The number of aldehydes is 1. The van der Waals surface area contributed by atoms with Gasteiger partial charge in [-0.15, -0.1) is 0 Å². The fourth-order valence-electron chi connectivity index (χ4n) is 0.513. The molecule has 4 N–H and O–H groups in total. The SMILES string of the molecule is C[C@@H](O)[C@@H](C=O)NC(=O)CN. The summed E-state index contributed by atoms with van der Waals surface area (Å²) in [6.07, 6.45) is -0.416. The van der Waals surface area contributed by atoms with Crippen molar-refractivity contribution in [1.29, 1.82) is 0 Å². The van der Waals surface area contributed by atoms with Crippen molar-refractivity contribution in [3.8, 4) is 0 Å². The molecule has 0 aliphatic rings. The van der Waals surface area contributed by atoms with E-state index >= 15 is 0 Å². The molecule has 0 heterocycles. The largest absolute Gasteiger partial charge is 0.391 e. The Bertz CT molecular complexity index is 147. The Morgan fingerprint density at radius 1 is 1.82 bits per heavy atom. The Hall–Kier alpha value is -0.940. The smallest absolute Gasteiger partial charge is 0.234 e. The van der Waals surface area contributed by atoms with E-state index in [9.17, 15) is 9.59 Å². The summed E-state index contributed by atoms with van der Waals surface area (Å²) in [4.78, 5) is 20.8. The number of nitrogens with two attached hydrogens (primary N) is 1. The summed E-state index contributed by atoms with van der Waals surface area (Å²) in [5.41, 5.74) is 4.97. The highest BCUT2D eigenvalue weighted by atomic mass is 16.3. The minimum Gasteiger partial charge on any atom is -0.391 e. The molecule has 1 amide bonds. The van der Waals surface area contributed by atoms with Gasteiger partial charge in [0.2, 0.25) is 5.91 Å². The third kappa shape index (κ3) is 3.69. The zero-order chi connectivity index (χ0) is 8.85. The molecule has 0 aromatic carbocycles. The van der Waals surface area contributed by atoms with Crippen LogP contribution in [0.5, 0.6) is 0 Å². The molecule has 0 rings (SSSR count). The lowest BCUT2D eigenvalue weighted by Crippen LogP contribution is -2.45. The quantitative estimate of drug-likeness (QED) is 0.415. The van der Waals surface area contributed by atoms with Gasteiger partial charge in [-0.1, -0.05) is 0 Å². The molecule has 0 unspecified atom stereocenters. The van der Waals surface area contributed by atoms with Crippen LogP contribution in [0.15, 0.2) is 0 Å². The molecule has 0 aliphatic heterocycles. The fraction of sp³-hybridized carbons (Fsp3) is 0.667. The molecular formula is C6H12N2O3. The van der Waals surface area contributed by atoms with Crippen molar-refractivity contribution in [3.05, 3.63) is 0 Å². The summed E-state index contributed by atoms with van der Waals surface area (Å²) in [5.74, 6) is -0.456. The highest BCUT2D eigenvalue weighted by Gasteiger charge is 2.14. The molecule has 0 aromatic heterocycles. The minimum atomic E-state index is -0.886. The van der Waals surface area contributed by atoms with Gasteiger partial charge >= 0.3 is 0 Å². The first kappa shape index (κ1) is 10.1. The van der Waals surface area contributed by atoms with Crippen LogP contribution < -0.4 is 11.1 Å². The third-order valence-corrected chi connectivity index (χ3v) is 1.18. The number of rotatable bonds is 4. The first-order valence-corrected chi connectivity index (χ1v) is 3.24. The molecule has 5 heteroatoms. The van der Waals surface area contributed by atoms with Gasteiger partial charge in [0.05, 0.1) is 12.6 Å². The van der Waals surface area contributed by atoms with Gasteiger partial charge in [-0.05, 0) is 6.92 Å². The second-order valence-electron chi connectivity index (χ2n) is 2.17. The predicted molar refractivity (Wildman–Crippen MR) is 38.7 cm³/mol. The van der Waals surface area contributed by atoms with E-state index in [0.717, 1.165) is 0 Å². The number of hydrogen-bond acceptors (Lipinski definition) is 4. The van der Waals surface area contributed by atoms with E-state index < -0.39 is 18.1 Å². The van der Waals surface area contributed by atoms with Gasteiger partial charge in [0.25, 0.3) is 0 Å². The highest BCUT2D eigenvalue weighted by Crippen LogP contribution is 1.87. The average molecular weight is 160 g/mol. The predicted octanol–water partition coefficient (Wildman–Crippen LogP) is -1.99. The molecule has 0 aliphatic carbocycles. The van der Waals surface area contributed by atoms with Gasteiger partial charge in [0, 0.05) is 0 Å². The molecule has 0 spiro atoms. The summed E-state index contributed by atoms with van der Waals surface area (Å²) >= 11 is 0. The Kier molecular flexibility index (Phi) is 4.40. The zero-order valence-electron chi connectivity index (χ0n) is 6.28. The van der Waals surface area contributed by atoms with Crippen molar-refractivity contribution in [1.82, 2.24) is 5.32 Å². The molecule has 0 aromatic rings. The van der Waals surface area contributed by atoms with Crippen LogP contribution in [0.3, 0.4) is 0 Å². The molecule has 0 saturated heterocycles. The monoisotopic (exact) mass is 160 g/mol. The number of nitrogens with one attached hydrogen (secondary N) is 1. The van der Waals surface area contributed by atoms with E-state index in [4.69, 9.17) is 10.8 Å². The second-order valence-corrected chi connectivity index (χ2v) is 2.17. The lowest BCUT2D eigenvalue weighted by Gasteiger charge is -2.13. The molecule has 2 atom stereocenters. The number of carbonyl (C=O) groups is 2. The van der Waals surface area contributed by atoms with Crippen LogP contribution in [0.1, 0.15) is 6.92 Å². The summed E-state index contributed by atoms with van der Waals surface area (Å²) < 4.78 is 0. The van der Waals surface area contributed by atoms with Gasteiger partial charge in [-0.25, -0.2) is 0 Å². The maximum atomic E-state index is 10.6. The van der Waals surface area contributed by atoms with E-state index in [1.807, 2.05) is 0 Å². The first-order chi connectivity index (χ1) is 5.11. The standard InChI is InChI=1S/C6H12N2O3/c1-4(10)5(3-9)8-6(11)2-7/h3-5,10H,2,7H2,1H3,(H,8,11)/t4-,5-/m1/s1. The van der Waals surface area contributed by atoms with Gasteiger partial charge < -0.3 is 21.0 Å². The Balaban J connectivity index is 3.87. The van der Waals surface area contributed by atoms with E-state index in [0.29, 0.717) is 6.29 Å². The number of aliphatic hydroxyl groups is 1. The molecule has 0 fully saturated rings. The number of aliphatic hydroxyl groups excluding tert-OH is 1. The first-order valence-electron chi connectivity index (χ1n) is 3.24. The van der Waals surface area contributed by atoms with Crippen molar-refractivity contribution in [2.24, 2.45) is 5.73 Å². The Labute approximate surface area is 64.6 Å². The van der Waals surface area contributed by atoms with Gasteiger partial charge in [0.1, 0.15) is 12.3 Å². The fourth-order valence-corrected chi connectivity index (χ4v) is 0.513. The van der Waals surface area contributed by atoms with Crippen molar-refractivity contribution < 1.29 is 14.7 Å². The number of carbonyl (C=O) groups excluding carboxylic acids is 2. The lowest BCUT2D eigenvalue weighted by molar-refractivity contribution is -0.124. The summed E-state index contributed by atoms with van der Waals surface area (Å²) in [6, 6.07) is -0.856. The second kappa shape index (κ2) is 4.81. The van der Waals surface area contributed by atoms with E-state index in [2.05, 4.69) is 5.32 Å². The van der Waals surface area contributed by atoms with Crippen LogP contribution in [0.4, 0.5) is 0 Å². The normalized spacial score (nSPS) is 15.2. The summed E-state index contributed by atoms with van der Waals surface area (Å²) in [6.45, 7) is 1.23. The molecule has 64 valence electrons. The van der Waals surface area contributed by atoms with Crippen LogP contribution in [0.25, 0.3) is 0 Å². The Morgan fingerprint density at radius 2 is 2.36 bits per heavy atom. The average Bonchev–Trinajstić information content (AvgIpc) is 1.99. The molecule has 5 nitrogen and oxygen atoms in total. The lowest BCUT2D eigenvalue weighted by atomic mass is 10.2. The van der Waals surface area contributed by atoms with Crippen molar-refractivity contribution in [2.45, 2.75) is 19.1 Å². The molecule has 0 radical (unpaired) electrons. The van der Waals surface area contributed by atoms with Gasteiger partial charge in [0.15, 0.2) is 0 Å². The number of amides is 1. The topological polar surface area (TPSA) is 92.4 Å². The van der Waals surface area contributed by atoms with Gasteiger partial charge in [-0.3, -0.25) is 4.79 Å². The Morgan fingerprint density at radius 3 is 2.64 bits per heavy atom. The van der Waals surface area contributed by atoms with E-state index in [1.165, 1.54) is 6.92 Å². The van der Waals surface area contributed by atoms with Crippen molar-refractivity contribution in [3.63, 3.8) is 0 Å². The molecular weight excluding hydrogens is 148 g/mol. The maximum absolute atomic E-state index is 10.6. The van der Waals surface area contributed by atoms with Crippen LogP contribution in [-0.2, 0) is 9.59 Å². The van der Waals surface area contributed by atoms with Crippen LogP contribution in [-0.4, -0.2) is 36.0 Å². The van der Waals surface area contributed by atoms with Crippen LogP contribution in [0.2, 0.25) is 0 Å².